The van der Waals surface area contributed by atoms with E-state index in [9.17, 15) is 14.7 Å². The van der Waals surface area contributed by atoms with Gasteiger partial charge in [0.15, 0.2) is 0 Å². The lowest BCUT2D eigenvalue weighted by molar-refractivity contribution is -0.148. The fourth-order valence-electron chi connectivity index (χ4n) is 2.37. The molecule has 0 amide bonds. The first-order valence-electron chi connectivity index (χ1n) is 7.43. The molecule has 7 heteroatoms. The Kier molecular flexibility index (Phi) is 4.35. The molecule has 124 valence electrons. The van der Waals surface area contributed by atoms with E-state index < -0.39 is 10.8 Å². The van der Waals surface area contributed by atoms with Crippen LogP contribution in [0.3, 0.4) is 0 Å². The smallest absolute Gasteiger partial charge is 0.326 e. The first-order chi connectivity index (χ1) is 11.5. The van der Waals surface area contributed by atoms with Gasteiger partial charge in [-0.05, 0) is 26.0 Å². The summed E-state index contributed by atoms with van der Waals surface area (Å²) in [6.07, 6.45) is 3.11. The van der Waals surface area contributed by atoms with Gasteiger partial charge >= 0.3 is 10.8 Å². The topological polar surface area (TPSA) is 80.9 Å². The van der Waals surface area contributed by atoms with Crippen LogP contribution >= 0.6 is 11.3 Å². The number of allylic oxidation sites excluding steroid dienone is 1. The second kappa shape index (κ2) is 6.45. The Morgan fingerprint density at radius 1 is 1.42 bits per heavy atom. The molecule has 2 heterocycles. The molecule has 0 bridgehead atoms. The lowest BCUT2D eigenvalue weighted by Crippen LogP contribution is -2.22. The molecule has 24 heavy (non-hydrogen) atoms. The van der Waals surface area contributed by atoms with Crippen molar-refractivity contribution in [1.82, 2.24) is 4.57 Å². The number of benzene rings is 1. The predicted octanol–water partition coefficient (Wildman–Crippen LogP) is 2.82. The molecule has 1 aromatic heterocycles. The number of hydrogen-bond donors (Lipinski definition) is 1. The average molecular weight is 344 g/mol. The van der Waals surface area contributed by atoms with Crippen molar-refractivity contribution in [2.24, 2.45) is 4.99 Å². The summed E-state index contributed by atoms with van der Waals surface area (Å²) in [5.41, 5.74) is 2.58. The molecule has 6 nitrogen and oxygen atoms in total. The zero-order valence-electron chi connectivity index (χ0n) is 13.2. The Balaban J connectivity index is 1.91. The highest BCUT2D eigenvalue weighted by Crippen LogP contribution is 2.34. The standard InChI is InChI=1S/C17H16N2O4S/c1-10(2)23-15(20)9-19-16(21)14(24-17(19)22)7-11-8-18-13-6-4-3-5-12(11)13/h3-8,10,21H,9H2,1-2H3/b11-7+. The number of esters is 1. The molecule has 0 fully saturated rings. The average Bonchev–Trinajstić information content (AvgIpc) is 3.04. The summed E-state index contributed by atoms with van der Waals surface area (Å²) in [6, 6.07) is 7.61. The van der Waals surface area contributed by atoms with Crippen LogP contribution in [0.1, 0.15) is 24.3 Å². The van der Waals surface area contributed by atoms with E-state index in [1.54, 1.807) is 26.1 Å². The number of rotatable bonds is 4. The maximum atomic E-state index is 12.1. The number of thiazole rings is 1. The Hall–Kier alpha value is -2.67. The Labute approximate surface area is 142 Å². The van der Waals surface area contributed by atoms with Crippen molar-refractivity contribution < 1.29 is 14.6 Å². The Bertz CT molecular complexity index is 906. The monoisotopic (exact) mass is 344 g/mol. The summed E-state index contributed by atoms with van der Waals surface area (Å²) in [7, 11) is 0. The second-order valence-electron chi connectivity index (χ2n) is 5.56. The third-order valence-electron chi connectivity index (χ3n) is 3.39. The van der Waals surface area contributed by atoms with Gasteiger partial charge < -0.3 is 9.84 Å². The first-order valence-corrected chi connectivity index (χ1v) is 8.24. The number of nitrogens with zero attached hydrogens (tertiary/aromatic N) is 2. The van der Waals surface area contributed by atoms with Gasteiger partial charge in [0, 0.05) is 17.4 Å². The lowest BCUT2D eigenvalue weighted by atomic mass is 10.1. The molecule has 1 aromatic carbocycles. The number of hydrogen-bond acceptors (Lipinski definition) is 6. The van der Waals surface area contributed by atoms with Crippen molar-refractivity contribution in [3.8, 4) is 5.88 Å². The molecule has 1 aliphatic rings. The van der Waals surface area contributed by atoms with Crippen LogP contribution in [-0.4, -0.2) is 28.0 Å². The number of carbonyl (C=O) groups excluding carboxylic acids is 1. The van der Waals surface area contributed by atoms with Crippen LogP contribution in [0.25, 0.3) is 11.6 Å². The molecule has 0 atom stereocenters. The number of aromatic hydroxyl groups is 1. The van der Waals surface area contributed by atoms with Crippen molar-refractivity contribution in [2.45, 2.75) is 26.5 Å². The van der Waals surface area contributed by atoms with E-state index in [0.29, 0.717) is 4.88 Å². The Morgan fingerprint density at radius 2 is 2.17 bits per heavy atom. The number of para-hydroxylation sites is 1. The first kappa shape index (κ1) is 16.2. The molecule has 1 N–H and O–H groups in total. The SMILES string of the molecule is CC(C)OC(=O)Cn1c(O)c(/C=C2\C=Nc3ccccc32)sc1=O. The molecule has 1 aliphatic heterocycles. The predicted molar refractivity (Wildman–Crippen MR) is 93.9 cm³/mol. The third kappa shape index (κ3) is 3.16. The van der Waals surface area contributed by atoms with Crippen molar-refractivity contribution in [3.63, 3.8) is 0 Å². The summed E-state index contributed by atoms with van der Waals surface area (Å²) < 4.78 is 6.03. The summed E-state index contributed by atoms with van der Waals surface area (Å²) in [5.74, 6) is -0.803. The number of aromatic nitrogens is 1. The maximum absolute atomic E-state index is 12.1. The van der Waals surface area contributed by atoms with Gasteiger partial charge in [-0.15, -0.1) is 0 Å². The Morgan fingerprint density at radius 3 is 2.92 bits per heavy atom. The molecule has 0 saturated carbocycles. The minimum absolute atomic E-state index is 0.240. The van der Waals surface area contributed by atoms with E-state index >= 15 is 0 Å². The van der Waals surface area contributed by atoms with Gasteiger partial charge in [-0.2, -0.15) is 0 Å². The van der Waals surface area contributed by atoms with Crippen molar-refractivity contribution >= 4 is 40.9 Å². The molecule has 0 radical (unpaired) electrons. The molecule has 0 saturated heterocycles. The lowest BCUT2D eigenvalue weighted by Gasteiger charge is -2.08. The third-order valence-corrected chi connectivity index (χ3v) is 4.31. The van der Waals surface area contributed by atoms with Gasteiger partial charge in [-0.1, -0.05) is 29.5 Å². The summed E-state index contributed by atoms with van der Waals surface area (Å²) in [6.45, 7) is 3.13. The molecule has 0 aliphatic carbocycles. The second-order valence-corrected chi connectivity index (χ2v) is 6.55. The van der Waals surface area contributed by atoms with Crippen molar-refractivity contribution in [1.29, 1.82) is 0 Å². The molecule has 2 aromatic rings. The van der Waals surface area contributed by atoms with Gasteiger partial charge in [0.05, 0.1) is 16.7 Å². The van der Waals surface area contributed by atoms with E-state index in [-0.39, 0.29) is 18.5 Å². The quantitative estimate of drug-likeness (QED) is 0.865. The van der Waals surface area contributed by atoms with Crippen LogP contribution in [-0.2, 0) is 16.1 Å². The highest BCUT2D eigenvalue weighted by atomic mass is 32.1. The van der Waals surface area contributed by atoms with Gasteiger partial charge in [0.2, 0.25) is 5.88 Å². The van der Waals surface area contributed by atoms with E-state index in [1.165, 1.54) is 0 Å². The van der Waals surface area contributed by atoms with Crippen LogP contribution in [0.2, 0.25) is 0 Å². The zero-order valence-corrected chi connectivity index (χ0v) is 14.0. The summed E-state index contributed by atoms with van der Waals surface area (Å²) in [4.78, 5) is 28.0. The van der Waals surface area contributed by atoms with E-state index in [4.69, 9.17) is 4.74 Å². The van der Waals surface area contributed by atoms with Crippen molar-refractivity contribution in [3.05, 3.63) is 44.4 Å². The maximum Gasteiger partial charge on any atom is 0.326 e. The normalized spacial score (nSPS) is 14.4. The summed E-state index contributed by atoms with van der Waals surface area (Å²) in [5, 5.41) is 10.3. The molecular formula is C17H16N2O4S. The number of aliphatic imine (C=N–C) groups is 1. The van der Waals surface area contributed by atoms with Crippen LogP contribution in [0.5, 0.6) is 5.88 Å². The number of ether oxygens (including phenoxy) is 1. The van der Waals surface area contributed by atoms with Gasteiger partial charge in [0.25, 0.3) is 0 Å². The fourth-order valence-corrected chi connectivity index (χ4v) is 3.21. The number of fused-ring (bicyclic) bond motifs is 1. The molecular weight excluding hydrogens is 328 g/mol. The van der Waals surface area contributed by atoms with Crippen molar-refractivity contribution in [2.75, 3.05) is 0 Å². The summed E-state index contributed by atoms with van der Waals surface area (Å²) >= 11 is 0.875. The highest BCUT2D eigenvalue weighted by Gasteiger charge is 2.18. The van der Waals surface area contributed by atoms with Crippen LogP contribution in [0, 0.1) is 0 Å². The fraction of sp³-hybridized carbons (Fsp3) is 0.235. The van der Waals surface area contributed by atoms with Crippen LogP contribution < -0.4 is 4.87 Å². The number of carbonyl (C=O) groups is 1. The van der Waals surface area contributed by atoms with E-state index in [0.717, 1.165) is 32.7 Å². The molecule has 0 spiro atoms. The van der Waals surface area contributed by atoms with Gasteiger partial charge in [0.1, 0.15) is 6.54 Å². The van der Waals surface area contributed by atoms with E-state index in [2.05, 4.69) is 4.99 Å². The minimum atomic E-state index is -0.563. The minimum Gasteiger partial charge on any atom is -0.493 e. The van der Waals surface area contributed by atoms with E-state index in [1.807, 2.05) is 24.3 Å². The largest absolute Gasteiger partial charge is 0.493 e. The van der Waals surface area contributed by atoms with Crippen LogP contribution in [0.15, 0.2) is 34.1 Å². The van der Waals surface area contributed by atoms with Gasteiger partial charge in [-0.3, -0.25) is 19.1 Å². The highest BCUT2D eigenvalue weighted by molar-refractivity contribution is 7.10. The zero-order chi connectivity index (χ0) is 17.3. The molecule has 0 unspecified atom stereocenters. The van der Waals surface area contributed by atoms with Gasteiger partial charge in [-0.25, -0.2) is 0 Å². The molecule has 3 rings (SSSR count). The van der Waals surface area contributed by atoms with Crippen LogP contribution in [0.4, 0.5) is 5.69 Å².